The smallest absolute Gasteiger partial charge is 0.233 e. The number of primary amides is 1. The highest BCUT2D eigenvalue weighted by molar-refractivity contribution is 7.81. The van der Waals surface area contributed by atoms with E-state index >= 15 is 0 Å². The summed E-state index contributed by atoms with van der Waals surface area (Å²) in [4.78, 5) is 22.1. The van der Waals surface area contributed by atoms with E-state index in [-0.39, 0.29) is 18.9 Å². The monoisotopic (exact) mass is 252 g/mol. The molecule has 92 valence electrons. The van der Waals surface area contributed by atoms with Crippen molar-refractivity contribution >= 4 is 24.4 Å². The Labute approximate surface area is 106 Å². The molecular formula is C12H16N2O2S. The molecule has 0 aromatic heterocycles. The molecule has 0 aliphatic carbocycles. The van der Waals surface area contributed by atoms with Crippen LogP contribution in [0, 0.1) is 0 Å². The van der Waals surface area contributed by atoms with Crippen molar-refractivity contribution in [2.75, 3.05) is 6.54 Å². The first-order valence-corrected chi connectivity index (χ1v) is 5.89. The third-order valence-electron chi connectivity index (χ3n) is 2.25. The number of rotatable bonds is 6. The summed E-state index contributed by atoms with van der Waals surface area (Å²) in [6.45, 7) is 0.264. The van der Waals surface area contributed by atoms with Gasteiger partial charge in [0.25, 0.3) is 0 Å². The van der Waals surface area contributed by atoms with Gasteiger partial charge in [-0.2, -0.15) is 12.6 Å². The molecule has 1 aromatic carbocycles. The van der Waals surface area contributed by atoms with Gasteiger partial charge in [0.15, 0.2) is 0 Å². The molecule has 0 aliphatic heterocycles. The molecule has 0 saturated heterocycles. The molecule has 2 amide bonds. The van der Waals surface area contributed by atoms with Crippen LogP contribution in [-0.4, -0.2) is 23.6 Å². The van der Waals surface area contributed by atoms with E-state index in [9.17, 15) is 9.59 Å². The van der Waals surface area contributed by atoms with E-state index in [1.165, 1.54) is 0 Å². The highest BCUT2D eigenvalue weighted by atomic mass is 32.1. The Kier molecular flexibility index (Phi) is 5.56. The van der Waals surface area contributed by atoms with Gasteiger partial charge in [-0.15, -0.1) is 0 Å². The van der Waals surface area contributed by atoms with Crippen LogP contribution in [0.15, 0.2) is 30.3 Å². The first-order valence-electron chi connectivity index (χ1n) is 5.37. The zero-order valence-corrected chi connectivity index (χ0v) is 10.3. The van der Waals surface area contributed by atoms with Crippen LogP contribution in [0.2, 0.25) is 0 Å². The van der Waals surface area contributed by atoms with Crippen LogP contribution in [0.25, 0.3) is 0 Å². The van der Waals surface area contributed by atoms with Crippen molar-refractivity contribution in [3.8, 4) is 0 Å². The van der Waals surface area contributed by atoms with E-state index in [2.05, 4.69) is 17.9 Å². The Hall–Kier alpha value is -1.49. The van der Waals surface area contributed by atoms with Gasteiger partial charge in [0.1, 0.15) is 0 Å². The Morgan fingerprint density at radius 1 is 1.29 bits per heavy atom. The van der Waals surface area contributed by atoms with Gasteiger partial charge >= 0.3 is 0 Å². The van der Waals surface area contributed by atoms with Gasteiger partial charge in [0.05, 0.1) is 5.25 Å². The zero-order chi connectivity index (χ0) is 12.7. The van der Waals surface area contributed by atoms with Crippen molar-refractivity contribution in [2.24, 2.45) is 5.73 Å². The second-order valence-electron chi connectivity index (χ2n) is 3.71. The lowest BCUT2D eigenvalue weighted by molar-refractivity contribution is -0.121. The minimum absolute atomic E-state index is 0.150. The SMILES string of the molecule is NC(=O)CCNC(=O)C(S)Cc1ccccc1. The molecule has 0 bridgehead atoms. The fourth-order valence-corrected chi connectivity index (χ4v) is 1.66. The maximum Gasteiger partial charge on any atom is 0.233 e. The number of amides is 2. The van der Waals surface area contributed by atoms with Crippen LogP contribution in [0.3, 0.4) is 0 Å². The van der Waals surface area contributed by atoms with Crippen molar-refractivity contribution in [3.63, 3.8) is 0 Å². The van der Waals surface area contributed by atoms with Crippen molar-refractivity contribution in [1.82, 2.24) is 5.32 Å². The van der Waals surface area contributed by atoms with E-state index in [0.717, 1.165) is 5.56 Å². The predicted octanol–water partition coefficient (Wildman–Crippen LogP) is 0.519. The zero-order valence-electron chi connectivity index (χ0n) is 9.43. The van der Waals surface area contributed by atoms with Crippen LogP contribution in [0.4, 0.5) is 0 Å². The fourth-order valence-electron chi connectivity index (χ4n) is 1.36. The molecular weight excluding hydrogens is 236 g/mol. The summed E-state index contributed by atoms with van der Waals surface area (Å²) in [5.74, 6) is -0.609. The minimum atomic E-state index is -0.427. The molecule has 5 heteroatoms. The maximum absolute atomic E-state index is 11.6. The molecule has 3 N–H and O–H groups in total. The van der Waals surface area contributed by atoms with E-state index < -0.39 is 11.2 Å². The van der Waals surface area contributed by atoms with E-state index in [1.807, 2.05) is 30.3 Å². The molecule has 1 aromatic rings. The Morgan fingerprint density at radius 2 is 1.94 bits per heavy atom. The molecule has 0 spiro atoms. The average molecular weight is 252 g/mol. The number of hydrogen-bond acceptors (Lipinski definition) is 3. The molecule has 17 heavy (non-hydrogen) atoms. The van der Waals surface area contributed by atoms with Crippen molar-refractivity contribution in [1.29, 1.82) is 0 Å². The van der Waals surface area contributed by atoms with Gasteiger partial charge in [-0.3, -0.25) is 9.59 Å². The first kappa shape index (κ1) is 13.6. The quantitative estimate of drug-likeness (QED) is 0.646. The Balaban J connectivity index is 2.34. The summed E-state index contributed by atoms with van der Waals surface area (Å²) < 4.78 is 0. The van der Waals surface area contributed by atoms with Gasteiger partial charge in [0, 0.05) is 13.0 Å². The van der Waals surface area contributed by atoms with Crippen molar-refractivity contribution < 1.29 is 9.59 Å². The van der Waals surface area contributed by atoms with Gasteiger partial charge in [-0.1, -0.05) is 30.3 Å². The standard InChI is InChI=1S/C12H16N2O2S/c13-11(15)6-7-14-12(16)10(17)8-9-4-2-1-3-5-9/h1-5,10,17H,6-8H2,(H2,13,15)(H,14,16). The van der Waals surface area contributed by atoms with E-state index in [4.69, 9.17) is 5.73 Å². The number of thiol groups is 1. The summed E-state index contributed by atoms with van der Waals surface area (Å²) in [7, 11) is 0. The van der Waals surface area contributed by atoms with Crippen LogP contribution >= 0.6 is 12.6 Å². The summed E-state index contributed by atoms with van der Waals surface area (Å²) in [5.41, 5.74) is 6.02. The van der Waals surface area contributed by atoms with Gasteiger partial charge in [0.2, 0.25) is 11.8 Å². The highest BCUT2D eigenvalue weighted by Gasteiger charge is 2.13. The molecule has 1 rings (SSSR count). The van der Waals surface area contributed by atoms with Crippen molar-refractivity contribution in [2.45, 2.75) is 18.1 Å². The second kappa shape index (κ2) is 6.96. The summed E-state index contributed by atoms with van der Waals surface area (Å²) in [5, 5.41) is 2.21. The maximum atomic E-state index is 11.6. The lowest BCUT2D eigenvalue weighted by Crippen LogP contribution is -2.34. The van der Waals surface area contributed by atoms with Crippen LogP contribution < -0.4 is 11.1 Å². The Bertz CT molecular complexity index is 381. The molecule has 0 aliphatic rings. The van der Waals surface area contributed by atoms with Crippen LogP contribution in [0.1, 0.15) is 12.0 Å². The minimum Gasteiger partial charge on any atom is -0.370 e. The normalized spacial score (nSPS) is 11.8. The van der Waals surface area contributed by atoms with Crippen LogP contribution in [0.5, 0.6) is 0 Å². The third kappa shape index (κ3) is 5.40. The predicted molar refractivity (Wildman–Crippen MR) is 69.7 cm³/mol. The molecule has 0 heterocycles. The average Bonchev–Trinajstić information content (AvgIpc) is 2.29. The molecule has 4 nitrogen and oxygen atoms in total. The highest BCUT2D eigenvalue weighted by Crippen LogP contribution is 2.07. The van der Waals surface area contributed by atoms with Gasteiger partial charge in [-0.25, -0.2) is 0 Å². The fraction of sp³-hybridized carbons (Fsp3) is 0.333. The van der Waals surface area contributed by atoms with E-state index in [0.29, 0.717) is 6.42 Å². The summed E-state index contributed by atoms with van der Waals surface area (Å²) in [6, 6.07) is 9.64. The summed E-state index contributed by atoms with van der Waals surface area (Å²) >= 11 is 4.23. The largest absolute Gasteiger partial charge is 0.370 e. The topological polar surface area (TPSA) is 72.2 Å². The molecule has 0 saturated carbocycles. The number of nitrogens with one attached hydrogen (secondary N) is 1. The summed E-state index contributed by atoms with van der Waals surface area (Å²) in [6.07, 6.45) is 0.712. The second-order valence-corrected chi connectivity index (χ2v) is 4.34. The number of hydrogen-bond donors (Lipinski definition) is 3. The molecule has 0 fully saturated rings. The first-order chi connectivity index (χ1) is 8.09. The third-order valence-corrected chi connectivity index (χ3v) is 2.66. The number of benzene rings is 1. The lowest BCUT2D eigenvalue weighted by Gasteiger charge is -2.10. The molecule has 0 radical (unpaired) electrons. The van der Waals surface area contributed by atoms with Crippen LogP contribution in [-0.2, 0) is 16.0 Å². The number of nitrogens with two attached hydrogens (primary N) is 1. The molecule has 1 unspecified atom stereocenters. The molecule has 1 atom stereocenters. The lowest BCUT2D eigenvalue weighted by atomic mass is 10.1. The van der Waals surface area contributed by atoms with Gasteiger partial charge in [-0.05, 0) is 12.0 Å². The van der Waals surface area contributed by atoms with Gasteiger partial charge < -0.3 is 11.1 Å². The van der Waals surface area contributed by atoms with Crippen molar-refractivity contribution in [3.05, 3.63) is 35.9 Å². The number of carbonyl (C=O) groups is 2. The Morgan fingerprint density at radius 3 is 2.53 bits per heavy atom. The number of carbonyl (C=O) groups excluding carboxylic acids is 2. The van der Waals surface area contributed by atoms with E-state index in [1.54, 1.807) is 0 Å².